The van der Waals surface area contributed by atoms with Gasteiger partial charge in [0.2, 0.25) is 0 Å². The SMILES string of the molecule is CNc1nc(C)c(C(=O)N2CCO[C@@H](c3cc(Nc4nc(C)cs4)cc(C)n3)C2)s1. The lowest BCUT2D eigenvalue weighted by Crippen LogP contribution is -2.42. The Morgan fingerprint density at radius 2 is 2.00 bits per heavy atom. The molecule has 0 aliphatic carbocycles. The third kappa shape index (κ3) is 4.45. The fourth-order valence-corrected chi connectivity index (χ4v) is 4.92. The molecule has 4 rings (SSSR count). The normalized spacial score (nSPS) is 16.5. The van der Waals surface area contributed by atoms with Crippen LogP contribution in [0.3, 0.4) is 0 Å². The maximum Gasteiger partial charge on any atom is 0.266 e. The van der Waals surface area contributed by atoms with Crippen LogP contribution in [0.25, 0.3) is 0 Å². The van der Waals surface area contributed by atoms with Crippen LogP contribution in [-0.4, -0.2) is 52.5 Å². The predicted molar refractivity (Wildman–Crippen MR) is 120 cm³/mol. The molecule has 3 aromatic heterocycles. The standard InChI is InChI=1S/C20H24N6O2S2/c1-11-7-14(25-20-23-12(2)10-29-20)8-15(22-11)16-9-26(5-6-28-16)18(27)17-13(3)24-19(21-4)30-17/h7-8,10,16H,5-6,9H2,1-4H3,(H,21,24)(H,22,23,25)/t16-/m1/s1. The summed E-state index contributed by atoms with van der Waals surface area (Å²) in [5.74, 6) is -0.0101. The number of pyridine rings is 1. The highest BCUT2D eigenvalue weighted by Crippen LogP contribution is 2.29. The number of nitrogens with one attached hydrogen (secondary N) is 2. The Bertz CT molecular complexity index is 1060. The highest BCUT2D eigenvalue weighted by atomic mass is 32.1. The van der Waals surface area contributed by atoms with Crippen molar-refractivity contribution in [1.29, 1.82) is 0 Å². The van der Waals surface area contributed by atoms with Crippen molar-refractivity contribution in [1.82, 2.24) is 19.9 Å². The molecule has 0 saturated carbocycles. The Balaban J connectivity index is 1.52. The lowest BCUT2D eigenvalue weighted by molar-refractivity contribution is -0.0246. The van der Waals surface area contributed by atoms with E-state index in [4.69, 9.17) is 4.74 Å². The summed E-state index contributed by atoms with van der Waals surface area (Å²) in [5, 5.41) is 9.93. The van der Waals surface area contributed by atoms with E-state index >= 15 is 0 Å². The lowest BCUT2D eigenvalue weighted by atomic mass is 10.1. The van der Waals surface area contributed by atoms with Crippen LogP contribution < -0.4 is 10.6 Å². The first kappa shape index (κ1) is 20.7. The van der Waals surface area contributed by atoms with E-state index in [0.717, 1.165) is 38.7 Å². The van der Waals surface area contributed by atoms with Crippen LogP contribution in [0.2, 0.25) is 0 Å². The highest BCUT2D eigenvalue weighted by Gasteiger charge is 2.29. The summed E-state index contributed by atoms with van der Waals surface area (Å²) in [6, 6.07) is 3.95. The summed E-state index contributed by atoms with van der Waals surface area (Å²) in [7, 11) is 1.80. The molecule has 0 bridgehead atoms. The lowest BCUT2D eigenvalue weighted by Gasteiger charge is -2.32. The average Bonchev–Trinajstić information content (AvgIpc) is 3.32. The quantitative estimate of drug-likeness (QED) is 0.616. The Morgan fingerprint density at radius 3 is 2.70 bits per heavy atom. The van der Waals surface area contributed by atoms with Gasteiger partial charge in [-0.25, -0.2) is 9.97 Å². The summed E-state index contributed by atoms with van der Waals surface area (Å²) < 4.78 is 5.98. The zero-order valence-electron chi connectivity index (χ0n) is 17.4. The first-order valence-corrected chi connectivity index (χ1v) is 11.4. The smallest absolute Gasteiger partial charge is 0.266 e. The zero-order valence-corrected chi connectivity index (χ0v) is 19.0. The van der Waals surface area contributed by atoms with Crippen LogP contribution in [0.15, 0.2) is 17.5 Å². The van der Waals surface area contributed by atoms with Crippen molar-refractivity contribution < 1.29 is 9.53 Å². The number of carbonyl (C=O) groups excluding carboxylic acids is 1. The van der Waals surface area contributed by atoms with Gasteiger partial charge in [0.1, 0.15) is 11.0 Å². The number of amides is 1. The molecular weight excluding hydrogens is 420 g/mol. The molecule has 4 heterocycles. The van der Waals surface area contributed by atoms with Crippen molar-refractivity contribution in [2.24, 2.45) is 0 Å². The first-order chi connectivity index (χ1) is 14.4. The van der Waals surface area contributed by atoms with Crippen LogP contribution in [0, 0.1) is 20.8 Å². The van der Waals surface area contributed by atoms with Crippen molar-refractivity contribution in [3.05, 3.63) is 45.2 Å². The van der Waals surface area contributed by atoms with Crippen LogP contribution >= 0.6 is 22.7 Å². The van der Waals surface area contributed by atoms with Gasteiger partial charge in [0.05, 0.1) is 30.2 Å². The second-order valence-electron chi connectivity index (χ2n) is 7.14. The minimum Gasteiger partial charge on any atom is -0.368 e. The number of hydrogen-bond donors (Lipinski definition) is 2. The largest absolute Gasteiger partial charge is 0.368 e. The number of anilines is 3. The molecule has 158 valence electrons. The maximum atomic E-state index is 13.1. The molecule has 0 aromatic carbocycles. The molecule has 1 atom stereocenters. The number of aromatic nitrogens is 3. The molecular formula is C20H24N6O2S2. The molecule has 1 saturated heterocycles. The van der Waals surface area contributed by atoms with Crippen molar-refractivity contribution in [2.45, 2.75) is 26.9 Å². The van der Waals surface area contributed by atoms with Crippen LogP contribution in [0.1, 0.15) is 38.6 Å². The van der Waals surface area contributed by atoms with Gasteiger partial charge in [-0.3, -0.25) is 9.78 Å². The number of carbonyl (C=O) groups is 1. The molecule has 3 aromatic rings. The molecule has 1 aliphatic rings. The molecule has 0 radical (unpaired) electrons. The van der Waals surface area contributed by atoms with E-state index in [-0.39, 0.29) is 12.0 Å². The monoisotopic (exact) mass is 444 g/mol. The summed E-state index contributed by atoms with van der Waals surface area (Å²) in [6.07, 6.45) is -0.279. The topological polar surface area (TPSA) is 92.3 Å². The highest BCUT2D eigenvalue weighted by molar-refractivity contribution is 7.17. The maximum absolute atomic E-state index is 13.1. The zero-order chi connectivity index (χ0) is 21.3. The Labute approximate surface area is 183 Å². The van der Waals surface area contributed by atoms with Gasteiger partial charge in [0.25, 0.3) is 5.91 Å². The van der Waals surface area contributed by atoms with E-state index < -0.39 is 0 Å². The molecule has 30 heavy (non-hydrogen) atoms. The molecule has 1 fully saturated rings. The van der Waals surface area contributed by atoms with Gasteiger partial charge in [-0.2, -0.15) is 0 Å². The van der Waals surface area contributed by atoms with E-state index in [2.05, 4.69) is 25.6 Å². The fourth-order valence-electron chi connectivity index (χ4n) is 3.32. The van der Waals surface area contributed by atoms with Crippen molar-refractivity contribution >= 4 is 44.5 Å². The molecule has 8 nitrogen and oxygen atoms in total. The molecule has 0 spiro atoms. The average molecular weight is 445 g/mol. The van der Waals surface area contributed by atoms with Gasteiger partial charge < -0.3 is 20.3 Å². The predicted octanol–water partition coefficient (Wildman–Crippen LogP) is 3.92. The second kappa shape index (κ2) is 8.66. The molecule has 0 unspecified atom stereocenters. The van der Waals surface area contributed by atoms with Gasteiger partial charge in [-0.05, 0) is 32.9 Å². The van der Waals surface area contributed by atoms with E-state index in [9.17, 15) is 4.79 Å². The van der Waals surface area contributed by atoms with E-state index in [0.29, 0.717) is 24.6 Å². The van der Waals surface area contributed by atoms with Crippen LogP contribution in [0.5, 0.6) is 0 Å². The first-order valence-electron chi connectivity index (χ1n) is 9.66. The summed E-state index contributed by atoms with van der Waals surface area (Å²) in [6.45, 7) is 7.26. The molecule has 1 aliphatic heterocycles. The van der Waals surface area contributed by atoms with Gasteiger partial charge in [-0.1, -0.05) is 11.3 Å². The van der Waals surface area contributed by atoms with Gasteiger partial charge in [0, 0.05) is 30.4 Å². The third-order valence-electron chi connectivity index (χ3n) is 4.73. The van der Waals surface area contributed by atoms with Crippen LogP contribution in [-0.2, 0) is 4.74 Å². The number of aryl methyl sites for hydroxylation is 3. The third-order valence-corrected chi connectivity index (χ3v) is 6.77. The van der Waals surface area contributed by atoms with E-state index in [1.54, 1.807) is 18.4 Å². The van der Waals surface area contributed by atoms with Gasteiger partial charge in [0.15, 0.2) is 10.3 Å². The molecule has 1 amide bonds. The Morgan fingerprint density at radius 1 is 1.17 bits per heavy atom. The Hall–Kier alpha value is -2.56. The van der Waals surface area contributed by atoms with Crippen molar-refractivity contribution in [3.8, 4) is 0 Å². The number of morpholine rings is 1. The molecule has 2 N–H and O–H groups in total. The van der Waals surface area contributed by atoms with E-state index in [1.807, 2.05) is 43.2 Å². The summed E-state index contributed by atoms with van der Waals surface area (Å²) >= 11 is 2.94. The van der Waals surface area contributed by atoms with Crippen molar-refractivity contribution in [3.63, 3.8) is 0 Å². The number of nitrogens with zero attached hydrogens (tertiary/aromatic N) is 4. The Kier molecular flexibility index (Phi) is 5.98. The van der Waals surface area contributed by atoms with Gasteiger partial charge >= 0.3 is 0 Å². The second-order valence-corrected chi connectivity index (χ2v) is 8.99. The fraction of sp³-hybridized carbons (Fsp3) is 0.400. The summed E-state index contributed by atoms with van der Waals surface area (Å²) in [4.78, 5) is 29.1. The van der Waals surface area contributed by atoms with Crippen LogP contribution in [0.4, 0.5) is 16.0 Å². The number of ether oxygens (including phenoxy) is 1. The van der Waals surface area contributed by atoms with Crippen molar-refractivity contribution in [2.75, 3.05) is 37.4 Å². The van der Waals surface area contributed by atoms with Gasteiger partial charge in [-0.15, -0.1) is 11.3 Å². The number of thiazole rings is 2. The van der Waals surface area contributed by atoms with E-state index in [1.165, 1.54) is 11.3 Å². The number of rotatable bonds is 5. The summed E-state index contributed by atoms with van der Waals surface area (Å²) in [5.41, 5.74) is 4.33. The minimum absolute atomic E-state index is 0.0101. The number of hydrogen-bond acceptors (Lipinski definition) is 9. The molecule has 10 heteroatoms. The minimum atomic E-state index is -0.279.